The fourth-order valence-corrected chi connectivity index (χ4v) is 4.13. The predicted octanol–water partition coefficient (Wildman–Crippen LogP) is 3.98. The Bertz CT molecular complexity index is 949. The molecule has 0 aromatic heterocycles. The summed E-state index contributed by atoms with van der Waals surface area (Å²) in [6.07, 6.45) is 14.3. The van der Waals surface area contributed by atoms with Crippen molar-refractivity contribution in [1.29, 1.82) is 0 Å². The fraction of sp³-hybridized carbons (Fsp3) is 0.478. The second kappa shape index (κ2) is 11.2. The Balaban J connectivity index is 2.77. The van der Waals surface area contributed by atoms with Crippen LogP contribution in [0.3, 0.4) is 0 Å². The van der Waals surface area contributed by atoms with Gasteiger partial charge in [0.2, 0.25) is 5.91 Å². The van der Waals surface area contributed by atoms with Gasteiger partial charge in [-0.25, -0.2) is 4.79 Å². The number of allylic oxidation sites excluding steroid dienone is 9. The molecule has 0 spiro atoms. The molecular formula is C23H33NO6S. The van der Waals surface area contributed by atoms with Gasteiger partial charge in [-0.2, -0.15) is 8.42 Å². The quantitative estimate of drug-likeness (QED) is 0.277. The molecule has 0 saturated carbocycles. The van der Waals surface area contributed by atoms with Crippen LogP contribution in [0, 0.1) is 5.41 Å². The Kier molecular flexibility index (Phi) is 9.65. The van der Waals surface area contributed by atoms with Crippen LogP contribution in [-0.4, -0.2) is 41.7 Å². The van der Waals surface area contributed by atoms with Crippen LogP contribution in [0.25, 0.3) is 0 Å². The Morgan fingerprint density at radius 3 is 2.39 bits per heavy atom. The summed E-state index contributed by atoms with van der Waals surface area (Å²) in [5.74, 6) is -3.41. The van der Waals surface area contributed by atoms with Crippen LogP contribution in [-0.2, 0) is 19.7 Å². The molecule has 0 bridgehead atoms. The van der Waals surface area contributed by atoms with E-state index in [1.54, 1.807) is 19.1 Å². The maximum absolute atomic E-state index is 11.9. The van der Waals surface area contributed by atoms with Gasteiger partial charge in [0, 0.05) is 6.08 Å². The number of carboxylic acid groups (broad SMARTS) is 1. The minimum atomic E-state index is -4.54. The van der Waals surface area contributed by atoms with Crippen molar-refractivity contribution in [2.45, 2.75) is 59.9 Å². The molecule has 0 heterocycles. The number of rotatable bonds is 9. The highest BCUT2D eigenvalue weighted by molar-refractivity contribution is 7.85. The monoisotopic (exact) mass is 451 g/mol. The van der Waals surface area contributed by atoms with Crippen molar-refractivity contribution in [2.24, 2.45) is 5.41 Å². The van der Waals surface area contributed by atoms with Crippen molar-refractivity contribution in [2.75, 3.05) is 5.75 Å². The summed E-state index contributed by atoms with van der Waals surface area (Å²) < 4.78 is 30.5. The Labute approximate surface area is 185 Å². The van der Waals surface area contributed by atoms with Crippen molar-refractivity contribution in [3.05, 3.63) is 58.7 Å². The lowest BCUT2D eigenvalue weighted by Gasteiger charge is -2.32. The molecule has 1 aliphatic rings. The Morgan fingerprint density at radius 2 is 1.84 bits per heavy atom. The van der Waals surface area contributed by atoms with Crippen molar-refractivity contribution in [3.8, 4) is 0 Å². The molecule has 31 heavy (non-hydrogen) atoms. The molecule has 0 radical (unpaired) electrons. The lowest BCUT2D eigenvalue weighted by atomic mass is 9.72. The molecule has 172 valence electrons. The number of nitrogens with one attached hydrogen (secondary N) is 1. The van der Waals surface area contributed by atoms with Crippen LogP contribution in [0.2, 0.25) is 0 Å². The van der Waals surface area contributed by atoms with E-state index in [2.05, 4.69) is 38.2 Å². The number of carbonyl (C=O) groups excluding carboxylic acids is 1. The van der Waals surface area contributed by atoms with Crippen LogP contribution in [0.15, 0.2) is 58.7 Å². The summed E-state index contributed by atoms with van der Waals surface area (Å²) in [5, 5.41) is 11.0. The zero-order valence-electron chi connectivity index (χ0n) is 18.8. The smallest absolute Gasteiger partial charge is 0.327 e. The predicted molar refractivity (Wildman–Crippen MR) is 122 cm³/mol. The van der Waals surface area contributed by atoms with Crippen LogP contribution >= 0.6 is 0 Å². The lowest BCUT2D eigenvalue weighted by molar-refractivity contribution is -0.140. The third kappa shape index (κ3) is 9.93. The molecule has 7 nitrogen and oxygen atoms in total. The first-order valence-electron chi connectivity index (χ1n) is 10.1. The summed E-state index contributed by atoms with van der Waals surface area (Å²) in [6, 6.07) is -1.73. The molecule has 0 aliphatic heterocycles. The van der Waals surface area contributed by atoms with Gasteiger partial charge in [-0.1, -0.05) is 55.4 Å². The van der Waals surface area contributed by atoms with E-state index in [0.717, 1.165) is 18.1 Å². The van der Waals surface area contributed by atoms with E-state index in [9.17, 15) is 18.0 Å². The molecule has 8 heteroatoms. The third-order valence-electron chi connectivity index (χ3n) is 5.12. The van der Waals surface area contributed by atoms with Gasteiger partial charge >= 0.3 is 5.97 Å². The standard InChI is InChI=1S/C23H33NO6S/c1-16(11-12-19-18(3)10-7-13-23(19,4)5)8-6-9-17(2)14-21(25)24-20(22(26)27)15-31(28,29)30/h6,8-9,11-12,14,20H,7,10,13,15H2,1-5H3,(H,24,25)(H,26,27)(H,28,29,30)/b9-6+,12-11+,16-8+,17-14+/t20-/m0/s1. The number of amides is 1. The summed E-state index contributed by atoms with van der Waals surface area (Å²) in [6.45, 7) is 10.3. The Hall–Kier alpha value is -2.45. The zero-order valence-corrected chi connectivity index (χ0v) is 19.6. The van der Waals surface area contributed by atoms with E-state index in [0.29, 0.717) is 5.57 Å². The summed E-state index contributed by atoms with van der Waals surface area (Å²) >= 11 is 0. The number of aliphatic carboxylic acids is 1. The van der Waals surface area contributed by atoms with E-state index in [4.69, 9.17) is 9.66 Å². The minimum Gasteiger partial charge on any atom is -0.480 e. The zero-order chi connectivity index (χ0) is 23.8. The molecule has 1 amide bonds. The number of carboxylic acids is 1. The highest BCUT2D eigenvalue weighted by Crippen LogP contribution is 2.40. The molecule has 0 aromatic rings. The van der Waals surface area contributed by atoms with Gasteiger partial charge in [0.15, 0.2) is 0 Å². The maximum atomic E-state index is 11.9. The summed E-state index contributed by atoms with van der Waals surface area (Å²) in [4.78, 5) is 23.0. The van der Waals surface area contributed by atoms with E-state index in [1.165, 1.54) is 24.0 Å². The second-order valence-corrected chi connectivity index (χ2v) is 10.1. The van der Waals surface area contributed by atoms with E-state index >= 15 is 0 Å². The minimum absolute atomic E-state index is 0.171. The third-order valence-corrected chi connectivity index (χ3v) is 5.88. The summed E-state index contributed by atoms with van der Waals surface area (Å²) in [5.41, 5.74) is 4.56. The van der Waals surface area contributed by atoms with Crippen molar-refractivity contribution < 1.29 is 27.7 Å². The number of carbonyl (C=O) groups is 2. The fourth-order valence-electron chi connectivity index (χ4n) is 3.49. The largest absolute Gasteiger partial charge is 0.480 e. The van der Waals surface area contributed by atoms with E-state index in [1.807, 2.05) is 13.0 Å². The first kappa shape index (κ1) is 26.6. The number of hydrogen-bond acceptors (Lipinski definition) is 4. The highest BCUT2D eigenvalue weighted by atomic mass is 32.2. The average Bonchev–Trinajstić information content (AvgIpc) is 2.58. The molecule has 0 fully saturated rings. The average molecular weight is 452 g/mol. The molecule has 1 aliphatic carbocycles. The molecule has 3 N–H and O–H groups in total. The van der Waals surface area contributed by atoms with Crippen molar-refractivity contribution in [1.82, 2.24) is 5.32 Å². The van der Waals surface area contributed by atoms with Crippen molar-refractivity contribution in [3.63, 3.8) is 0 Å². The van der Waals surface area contributed by atoms with Gasteiger partial charge in [0.05, 0.1) is 0 Å². The van der Waals surface area contributed by atoms with Gasteiger partial charge in [0.25, 0.3) is 10.1 Å². The first-order chi connectivity index (χ1) is 14.2. The second-order valence-electron chi connectivity index (χ2n) is 8.57. The number of hydrogen-bond donors (Lipinski definition) is 3. The topological polar surface area (TPSA) is 121 Å². The van der Waals surface area contributed by atoms with Crippen LogP contribution in [0.4, 0.5) is 0 Å². The molecule has 0 aromatic carbocycles. The van der Waals surface area contributed by atoms with Gasteiger partial charge in [0.1, 0.15) is 11.8 Å². The van der Waals surface area contributed by atoms with Crippen LogP contribution < -0.4 is 5.32 Å². The van der Waals surface area contributed by atoms with E-state index < -0.39 is 33.8 Å². The summed E-state index contributed by atoms with van der Waals surface area (Å²) in [7, 11) is -4.54. The van der Waals surface area contributed by atoms with Gasteiger partial charge < -0.3 is 10.4 Å². The van der Waals surface area contributed by atoms with Gasteiger partial charge in [-0.3, -0.25) is 9.35 Å². The van der Waals surface area contributed by atoms with Crippen LogP contribution in [0.1, 0.15) is 53.9 Å². The van der Waals surface area contributed by atoms with Gasteiger partial charge in [-0.05, 0) is 56.6 Å². The normalized spacial score (nSPS) is 19.2. The first-order valence-corrected chi connectivity index (χ1v) is 11.7. The molecular weight excluding hydrogens is 418 g/mol. The van der Waals surface area contributed by atoms with Crippen LogP contribution in [0.5, 0.6) is 0 Å². The highest BCUT2D eigenvalue weighted by Gasteiger charge is 2.26. The maximum Gasteiger partial charge on any atom is 0.327 e. The van der Waals surface area contributed by atoms with E-state index in [-0.39, 0.29) is 5.41 Å². The molecule has 0 saturated heterocycles. The SMILES string of the molecule is CC1=C(/C=C/C(C)=C/C=C/C(C)=C/C(=O)N[C@@H](CS(=O)(=O)O)C(=O)O)C(C)(C)CCC1. The molecule has 0 unspecified atom stereocenters. The van der Waals surface area contributed by atoms with Gasteiger partial charge in [-0.15, -0.1) is 0 Å². The Morgan fingerprint density at radius 1 is 1.19 bits per heavy atom. The molecule has 1 atom stereocenters. The molecule has 1 rings (SSSR count). The van der Waals surface area contributed by atoms with Crippen molar-refractivity contribution >= 4 is 22.0 Å². The lowest BCUT2D eigenvalue weighted by Crippen LogP contribution is -2.44.